The number of aromatic nitrogens is 2. The Morgan fingerprint density at radius 2 is 2.05 bits per heavy atom. The molecule has 2 heterocycles. The first-order valence-corrected chi connectivity index (χ1v) is 6.95. The Hall–Kier alpha value is -2.01. The lowest BCUT2D eigenvalue weighted by molar-refractivity contribution is -0.122. The number of hydrogen-bond acceptors (Lipinski definition) is 4. The van der Waals surface area contributed by atoms with Gasteiger partial charge in [0.25, 0.3) is 0 Å². The number of anilines is 1. The summed E-state index contributed by atoms with van der Waals surface area (Å²) in [6, 6.07) is 5.59. The van der Waals surface area contributed by atoms with Crippen LogP contribution >= 0.6 is 0 Å². The topological polar surface area (TPSA) is 66.9 Å². The first kappa shape index (κ1) is 13.0. The Kier molecular flexibility index (Phi) is 3.36. The van der Waals surface area contributed by atoms with Crippen molar-refractivity contribution < 1.29 is 4.79 Å². The Morgan fingerprint density at radius 1 is 1.25 bits per heavy atom. The van der Waals surface area contributed by atoms with E-state index in [1.165, 1.54) is 0 Å². The molecule has 1 saturated heterocycles. The SMILES string of the molecule is CC1(C(=O)Nc2ccc3nccnc3c2)CCCCN1. The quantitative estimate of drug-likeness (QED) is 0.877. The summed E-state index contributed by atoms with van der Waals surface area (Å²) < 4.78 is 0. The number of carbonyl (C=O) groups is 1. The molecule has 1 amide bonds. The molecule has 1 atom stereocenters. The molecule has 1 aliphatic rings. The summed E-state index contributed by atoms with van der Waals surface area (Å²) in [7, 11) is 0. The first-order valence-electron chi connectivity index (χ1n) is 6.95. The van der Waals surface area contributed by atoms with Gasteiger partial charge in [0.15, 0.2) is 0 Å². The highest BCUT2D eigenvalue weighted by Gasteiger charge is 2.34. The van der Waals surface area contributed by atoms with E-state index in [4.69, 9.17) is 0 Å². The van der Waals surface area contributed by atoms with Gasteiger partial charge in [0.2, 0.25) is 5.91 Å². The van der Waals surface area contributed by atoms with Crippen LogP contribution in [0.25, 0.3) is 11.0 Å². The summed E-state index contributed by atoms with van der Waals surface area (Å²) in [4.78, 5) is 20.9. The zero-order valence-corrected chi connectivity index (χ0v) is 11.5. The van der Waals surface area contributed by atoms with Crippen molar-refractivity contribution in [3.05, 3.63) is 30.6 Å². The smallest absolute Gasteiger partial charge is 0.244 e. The molecular weight excluding hydrogens is 252 g/mol. The molecule has 0 spiro atoms. The van der Waals surface area contributed by atoms with Crippen LogP contribution in [0.3, 0.4) is 0 Å². The molecule has 20 heavy (non-hydrogen) atoms. The standard InChI is InChI=1S/C15H18N4O/c1-15(6-2-3-7-18-15)14(20)19-11-4-5-12-13(10-11)17-9-8-16-12/h4-5,8-10,18H,2-3,6-7H2,1H3,(H,19,20). The molecule has 1 aromatic heterocycles. The third-order valence-corrected chi connectivity index (χ3v) is 3.85. The number of nitrogens with one attached hydrogen (secondary N) is 2. The van der Waals surface area contributed by atoms with E-state index in [1.807, 2.05) is 25.1 Å². The van der Waals surface area contributed by atoms with Gasteiger partial charge >= 0.3 is 0 Å². The third-order valence-electron chi connectivity index (χ3n) is 3.85. The van der Waals surface area contributed by atoms with Gasteiger partial charge in [-0.1, -0.05) is 0 Å². The fraction of sp³-hybridized carbons (Fsp3) is 0.400. The van der Waals surface area contributed by atoms with Crippen molar-refractivity contribution in [2.24, 2.45) is 0 Å². The highest BCUT2D eigenvalue weighted by Crippen LogP contribution is 2.22. The average molecular weight is 270 g/mol. The monoisotopic (exact) mass is 270 g/mol. The first-order chi connectivity index (χ1) is 9.67. The second kappa shape index (κ2) is 5.17. The Balaban J connectivity index is 1.80. The van der Waals surface area contributed by atoms with Crippen LogP contribution in [-0.2, 0) is 4.79 Å². The molecule has 104 valence electrons. The maximum atomic E-state index is 12.4. The molecule has 2 aromatic rings. The van der Waals surface area contributed by atoms with Gasteiger partial charge in [0, 0.05) is 18.1 Å². The van der Waals surface area contributed by atoms with Gasteiger partial charge in [0.05, 0.1) is 16.6 Å². The molecule has 1 aliphatic heterocycles. The Labute approximate surface area is 117 Å². The Bertz CT molecular complexity index is 635. The maximum Gasteiger partial charge on any atom is 0.244 e. The molecule has 0 radical (unpaired) electrons. The summed E-state index contributed by atoms with van der Waals surface area (Å²) in [5, 5.41) is 6.29. The second-order valence-corrected chi connectivity index (χ2v) is 5.43. The number of hydrogen-bond donors (Lipinski definition) is 2. The van der Waals surface area contributed by atoms with Gasteiger partial charge in [0.1, 0.15) is 0 Å². The van der Waals surface area contributed by atoms with Crippen molar-refractivity contribution in [1.29, 1.82) is 0 Å². The molecule has 5 nitrogen and oxygen atoms in total. The summed E-state index contributed by atoms with van der Waals surface area (Å²) in [6.07, 6.45) is 6.40. The summed E-state index contributed by atoms with van der Waals surface area (Å²) in [5.74, 6) is 0.0143. The lowest BCUT2D eigenvalue weighted by atomic mass is 9.90. The minimum atomic E-state index is -0.477. The van der Waals surface area contributed by atoms with E-state index in [1.54, 1.807) is 12.4 Å². The van der Waals surface area contributed by atoms with Crippen LogP contribution in [0.5, 0.6) is 0 Å². The fourth-order valence-electron chi connectivity index (χ4n) is 2.56. The lowest BCUT2D eigenvalue weighted by Crippen LogP contribution is -2.54. The molecule has 0 bridgehead atoms. The highest BCUT2D eigenvalue weighted by atomic mass is 16.2. The van der Waals surface area contributed by atoms with Gasteiger partial charge in [-0.25, -0.2) is 0 Å². The number of amides is 1. The van der Waals surface area contributed by atoms with Gasteiger partial charge in [-0.2, -0.15) is 0 Å². The van der Waals surface area contributed by atoms with E-state index in [0.717, 1.165) is 42.5 Å². The van der Waals surface area contributed by atoms with Crippen LogP contribution in [0.15, 0.2) is 30.6 Å². The zero-order chi connectivity index (χ0) is 14.0. The third kappa shape index (κ3) is 2.49. The van der Waals surface area contributed by atoms with Crippen molar-refractivity contribution in [2.45, 2.75) is 31.7 Å². The van der Waals surface area contributed by atoms with Crippen LogP contribution in [0.1, 0.15) is 26.2 Å². The number of rotatable bonds is 2. The van der Waals surface area contributed by atoms with E-state index < -0.39 is 5.54 Å². The number of fused-ring (bicyclic) bond motifs is 1. The number of piperidine rings is 1. The van der Waals surface area contributed by atoms with Crippen molar-refractivity contribution in [3.8, 4) is 0 Å². The number of carbonyl (C=O) groups excluding carboxylic acids is 1. The highest BCUT2D eigenvalue weighted by molar-refractivity contribution is 5.99. The molecule has 1 aromatic carbocycles. The summed E-state index contributed by atoms with van der Waals surface area (Å²) >= 11 is 0. The van der Waals surface area contributed by atoms with Crippen LogP contribution < -0.4 is 10.6 Å². The van der Waals surface area contributed by atoms with Gasteiger partial charge in [-0.3, -0.25) is 14.8 Å². The van der Waals surface area contributed by atoms with E-state index in [2.05, 4.69) is 20.6 Å². The second-order valence-electron chi connectivity index (χ2n) is 5.43. The lowest BCUT2D eigenvalue weighted by Gasteiger charge is -2.33. The molecule has 0 saturated carbocycles. The summed E-state index contributed by atoms with van der Waals surface area (Å²) in [6.45, 7) is 2.86. The van der Waals surface area contributed by atoms with Crippen LogP contribution in [0, 0.1) is 0 Å². The molecule has 2 N–H and O–H groups in total. The minimum Gasteiger partial charge on any atom is -0.324 e. The fourth-order valence-corrected chi connectivity index (χ4v) is 2.56. The van der Waals surface area contributed by atoms with Crippen LogP contribution in [0.2, 0.25) is 0 Å². The predicted molar refractivity (Wildman–Crippen MR) is 78.4 cm³/mol. The molecule has 5 heteroatoms. The van der Waals surface area contributed by atoms with Gasteiger partial charge < -0.3 is 10.6 Å². The van der Waals surface area contributed by atoms with Crippen LogP contribution in [-0.4, -0.2) is 28.0 Å². The number of benzene rings is 1. The molecule has 3 rings (SSSR count). The maximum absolute atomic E-state index is 12.4. The van der Waals surface area contributed by atoms with Crippen molar-refractivity contribution in [1.82, 2.24) is 15.3 Å². The number of nitrogens with zero attached hydrogens (tertiary/aromatic N) is 2. The van der Waals surface area contributed by atoms with E-state index in [-0.39, 0.29) is 5.91 Å². The van der Waals surface area contributed by atoms with E-state index >= 15 is 0 Å². The average Bonchev–Trinajstić information content (AvgIpc) is 2.48. The minimum absolute atomic E-state index is 0.0143. The van der Waals surface area contributed by atoms with E-state index in [9.17, 15) is 4.79 Å². The van der Waals surface area contributed by atoms with Gasteiger partial charge in [-0.15, -0.1) is 0 Å². The van der Waals surface area contributed by atoms with Crippen molar-refractivity contribution in [2.75, 3.05) is 11.9 Å². The van der Waals surface area contributed by atoms with Gasteiger partial charge in [-0.05, 0) is 50.9 Å². The van der Waals surface area contributed by atoms with Crippen molar-refractivity contribution >= 4 is 22.6 Å². The zero-order valence-electron chi connectivity index (χ0n) is 11.5. The molecule has 1 fully saturated rings. The van der Waals surface area contributed by atoms with Crippen molar-refractivity contribution in [3.63, 3.8) is 0 Å². The predicted octanol–water partition coefficient (Wildman–Crippen LogP) is 2.10. The largest absolute Gasteiger partial charge is 0.324 e. The molecular formula is C15H18N4O. The normalized spacial score (nSPS) is 22.6. The molecule has 1 unspecified atom stereocenters. The van der Waals surface area contributed by atoms with Crippen LogP contribution in [0.4, 0.5) is 5.69 Å². The van der Waals surface area contributed by atoms with E-state index in [0.29, 0.717) is 0 Å². The molecule has 0 aliphatic carbocycles. The Morgan fingerprint density at radius 3 is 2.80 bits per heavy atom. The summed E-state index contributed by atoms with van der Waals surface area (Å²) in [5.41, 5.74) is 1.89.